The van der Waals surface area contributed by atoms with Gasteiger partial charge < -0.3 is 15.4 Å². The zero-order valence-electron chi connectivity index (χ0n) is 10.8. The lowest BCUT2D eigenvalue weighted by Crippen LogP contribution is -2.52. The van der Waals surface area contributed by atoms with Crippen molar-refractivity contribution in [1.29, 1.82) is 0 Å². The summed E-state index contributed by atoms with van der Waals surface area (Å²) in [5.41, 5.74) is 0.698. The van der Waals surface area contributed by atoms with Crippen LogP contribution in [0.3, 0.4) is 0 Å². The third-order valence-corrected chi connectivity index (χ3v) is 4.42. The van der Waals surface area contributed by atoms with E-state index in [1.165, 1.54) is 32.4 Å². The molecule has 3 heteroatoms. The van der Waals surface area contributed by atoms with Crippen molar-refractivity contribution in [3.63, 3.8) is 0 Å². The van der Waals surface area contributed by atoms with Gasteiger partial charge in [0.25, 0.3) is 0 Å². The summed E-state index contributed by atoms with van der Waals surface area (Å²) in [4.78, 5) is 0. The fraction of sp³-hybridized carbons (Fsp3) is 1.00. The summed E-state index contributed by atoms with van der Waals surface area (Å²) < 4.78 is 5.49. The third-order valence-electron chi connectivity index (χ3n) is 4.42. The summed E-state index contributed by atoms with van der Waals surface area (Å²) in [7, 11) is 0. The Kier molecular flexibility index (Phi) is 3.88. The Morgan fingerprint density at radius 3 is 2.81 bits per heavy atom. The highest BCUT2D eigenvalue weighted by molar-refractivity contribution is 4.92. The molecule has 0 aromatic carbocycles. The van der Waals surface area contributed by atoms with Gasteiger partial charge in [-0.25, -0.2) is 0 Å². The van der Waals surface area contributed by atoms with Crippen LogP contribution in [0.15, 0.2) is 0 Å². The first-order valence-corrected chi connectivity index (χ1v) is 6.72. The van der Waals surface area contributed by atoms with Gasteiger partial charge in [-0.1, -0.05) is 6.92 Å². The summed E-state index contributed by atoms with van der Waals surface area (Å²) in [6.07, 6.45) is 5.10. The maximum atomic E-state index is 5.49. The predicted molar refractivity (Wildman–Crippen MR) is 66.7 cm³/mol. The van der Waals surface area contributed by atoms with Crippen LogP contribution in [0.2, 0.25) is 0 Å². The molecule has 2 aliphatic heterocycles. The number of nitrogens with one attached hydrogen (secondary N) is 2. The summed E-state index contributed by atoms with van der Waals surface area (Å²) in [6.45, 7) is 9.91. The Labute approximate surface area is 99.3 Å². The molecule has 2 atom stereocenters. The van der Waals surface area contributed by atoms with Gasteiger partial charge in [0.2, 0.25) is 0 Å². The standard InChI is InChI=1S/C13H26N2O/c1-3-13(5-4-7-14-9-13)10-15-12(2)6-8-16-11-12/h14-15H,3-11H2,1-2H3. The van der Waals surface area contributed by atoms with Crippen LogP contribution >= 0.6 is 0 Å². The van der Waals surface area contributed by atoms with E-state index in [2.05, 4.69) is 24.5 Å². The smallest absolute Gasteiger partial charge is 0.0646 e. The normalized spacial score (nSPS) is 40.1. The van der Waals surface area contributed by atoms with E-state index in [9.17, 15) is 0 Å². The molecule has 0 spiro atoms. The van der Waals surface area contributed by atoms with E-state index in [1.807, 2.05) is 0 Å². The maximum Gasteiger partial charge on any atom is 0.0646 e. The molecule has 2 N–H and O–H groups in total. The molecule has 2 saturated heterocycles. The molecule has 2 unspecified atom stereocenters. The molecule has 0 aromatic heterocycles. The van der Waals surface area contributed by atoms with Crippen LogP contribution in [-0.4, -0.2) is 38.4 Å². The van der Waals surface area contributed by atoms with Gasteiger partial charge in [-0.3, -0.25) is 0 Å². The van der Waals surface area contributed by atoms with Crippen molar-refractivity contribution in [3.8, 4) is 0 Å². The van der Waals surface area contributed by atoms with Crippen LogP contribution in [-0.2, 0) is 4.74 Å². The largest absolute Gasteiger partial charge is 0.379 e. The summed E-state index contributed by atoms with van der Waals surface area (Å²) in [6, 6.07) is 0. The Bertz CT molecular complexity index is 218. The third kappa shape index (κ3) is 2.76. The first-order valence-electron chi connectivity index (χ1n) is 6.72. The minimum absolute atomic E-state index is 0.222. The molecule has 94 valence electrons. The lowest BCUT2D eigenvalue weighted by atomic mass is 9.77. The Morgan fingerprint density at radius 2 is 2.25 bits per heavy atom. The van der Waals surface area contributed by atoms with Gasteiger partial charge in [0.15, 0.2) is 0 Å². The van der Waals surface area contributed by atoms with Crippen LogP contribution in [0.4, 0.5) is 0 Å². The second kappa shape index (κ2) is 5.03. The molecule has 0 amide bonds. The first kappa shape index (κ1) is 12.3. The van der Waals surface area contributed by atoms with Crippen molar-refractivity contribution in [2.45, 2.75) is 45.1 Å². The van der Waals surface area contributed by atoms with Gasteiger partial charge in [0.1, 0.15) is 0 Å². The van der Waals surface area contributed by atoms with Crippen molar-refractivity contribution >= 4 is 0 Å². The molecule has 2 fully saturated rings. The van der Waals surface area contributed by atoms with Crippen LogP contribution < -0.4 is 10.6 Å². The Balaban J connectivity index is 1.86. The lowest BCUT2D eigenvalue weighted by Gasteiger charge is -2.39. The maximum absolute atomic E-state index is 5.49. The van der Waals surface area contributed by atoms with Gasteiger partial charge in [0.05, 0.1) is 6.61 Å². The fourth-order valence-corrected chi connectivity index (χ4v) is 2.82. The lowest BCUT2D eigenvalue weighted by molar-refractivity contribution is 0.145. The van der Waals surface area contributed by atoms with E-state index < -0.39 is 0 Å². The highest BCUT2D eigenvalue weighted by Gasteiger charge is 2.35. The zero-order valence-corrected chi connectivity index (χ0v) is 10.8. The SMILES string of the molecule is CCC1(CNC2(C)CCOC2)CCCNC1. The van der Waals surface area contributed by atoms with Crippen LogP contribution in [0.5, 0.6) is 0 Å². The van der Waals surface area contributed by atoms with Crippen molar-refractivity contribution in [2.75, 3.05) is 32.8 Å². The quantitative estimate of drug-likeness (QED) is 0.763. The molecule has 16 heavy (non-hydrogen) atoms. The number of rotatable bonds is 4. The molecule has 2 rings (SSSR count). The molecule has 0 radical (unpaired) electrons. The van der Waals surface area contributed by atoms with E-state index in [-0.39, 0.29) is 5.54 Å². The van der Waals surface area contributed by atoms with Gasteiger partial charge in [-0.15, -0.1) is 0 Å². The molecule has 3 nitrogen and oxygen atoms in total. The molecular formula is C13H26N2O. The van der Waals surface area contributed by atoms with E-state index >= 15 is 0 Å². The number of hydrogen-bond donors (Lipinski definition) is 2. The number of ether oxygens (including phenoxy) is 1. The monoisotopic (exact) mass is 226 g/mol. The molecular weight excluding hydrogens is 200 g/mol. The minimum Gasteiger partial charge on any atom is -0.379 e. The van der Waals surface area contributed by atoms with Gasteiger partial charge >= 0.3 is 0 Å². The van der Waals surface area contributed by atoms with Crippen LogP contribution in [0.1, 0.15) is 39.5 Å². The Morgan fingerprint density at radius 1 is 1.38 bits per heavy atom. The molecule has 2 aliphatic rings. The Hall–Kier alpha value is -0.120. The van der Waals surface area contributed by atoms with E-state index in [0.717, 1.165) is 26.2 Å². The number of hydrogen-bond acceptors (Lipinski definition) is 3. The predicted octanol–water partition coefficient (Wildman–Crippen LogP) is 1.53. The van der Waals surface area contributed by atoms with Gasteiger partial charge in [-0.05, 0) is 44.6 Å². The van der Waals surface area contributed by atoms with Crippen molar-refractivity contribution in [3.05, 3.63) is 0 Å². The average Bonchev–Trinajstić information content (AvgIpc) is 2.76. The summed E-state index contributed by atoms with van der Waals surface area (Å²) in [5, 5.41) is 7.30. The van der Waals surface area contributed by atoms with E-state index in [1.54, 1.807) is 0 Å². The highest BCUT2D eigenvalue weighted by Crippen LogP contribution is 2.30. The molecule has 0 saturated carbocycles. The molecule has 0 bridgehead atoms. The summed E-state index contributed by atoms with van der Waals surface area (Å²) >= 11 is 0. The zero-order chi connectivity index (χ0) is 11.5. The van der Waals surface area contributed by atoms with Gasteiger partial charge in [0, 0.05) is 25.2 Å². The van der Waals surface area contributed by atoms with E-state index in [4.69, 9.17) is 4.74 Å². The molecule has 0 aliphatic carbocycles. The van der Waals surface area contributed by atoms with E-state index in [0.29, 0.717) is 5.41 Å². The first-order chi connectivity index (χ1) is 7.68. The number of piperidine rings is 1. The fourth-order valence-electron chi connectivity index (χ4n) is 2.82. The van der Waals surface area contributed by atoms with Crippen molar-refractivity contribution in [1.82, 2.24) is 10.6 Å². The van der Waals surface area contributed by atoms with Gasteiger partial charge in [-0.2, -0.15) is 0 Å². The summed E-state index contributed by atoms with van der Waals surface area (Å²) in [5.74, 6) is 0. The minimum atomic E-state index is 0.222. The second-order valence-electron chi connectivity index (χ2n) is 5.85. The topological polar surface area (TPSA) is 33.3 Å². The van der Waals surface area contributed by atoms with Crippen LogP contribution in [0, 0.1) is 5.41 Å². The average molecular weight is 226 g/mol. The molecule has 0 aromatic rings. The van der Waals surface area contributed by atoms with Crippen molar-refractivity contribution < 1.29 is 4.74 Å². The van der Waals surface area contributed by atoms with Crippen molar-refractivity contribution in [2.24, 2.45) is 5.41 Å². The molecule has 2 heterocycles. The highest BCUT2D eigenvalue weighted by atomic mass is 16.5. The second-order valence-corrected chi connectivity index (χ2v) is 5.85. The van der Waals surface area contributed by atoms with Crippen LogP contribution in [0.25, 0.3) is 0 Å².